The zero-order valence-electron chi connectivity index (χ0n) is 11.6. The summed E-state index contributed by atoms with van der Waals surface area (Å²) in [6.07, 6.45) is 6.53. The van der Waals surface area contributed by atoms with Crippen LogP contribution in [0.1, 0.15) is 59.3 Å². The van der Waals surface area contributed by atoms with Gasteiger partial charge in [-0.3, -0.25) is 4.79 Å². The molecule has 1 unspecified atom stereocenters. The molecule has 1 rings (SSSR count). The van der Waals surface area contributed by atoms with Crippen LogP contribution in [0.3, 0.4) is 0 Å². The van der Waals surface area contributed by atoms with E-state index in [-0.39, 0.29) is 11.8 Å². The molecule has 0 aliphatic heterocycles. The molecule has 0 aromatic heterocycles. The lowest BCUT2D eigenvalue weighted by atomic mass is 9.75. The van der Waals surface area contributed by atoms with Gasteiger partial charge in [-0.15, -0.1) is 0 Å². The molecule has 17 heavy (non-hydrogen) atoms. The van der Waals surface area contributed by atoms with Gasteiger partial charge in [-0.2, -0.15) is 0 Å². The molecule has 1 atom stereocenters. The molecule has 0 heterocycles. The number of carbonyl (C=O) groups is 1. The number of amides is 1. The van der Waals surface area contributed by atoms with Crippen LogP contribution in [0.2, 0.25) is 0 Å². The lowest BCUT2D eigenvalue weighted by Crippen LogP contribution is -2.41. The maximum absolute atomic E-state index is 11.9. The Balaban J connectivity index is 2.27. The van der Waals surface area contributed by atoms with Crippen molar-refractivity contribution in [3.05, 3.63) is 0 Å². The van der Waals surface area contributed by atoms with Crippen molar-refractivity contribution in [1.29, 1.82) is 0 Å². The van der Waals surface area contributed by atoms with Crippen molar-refractivity contribution >= 4 is 5.91 Å². The SMILES string of the molecule is CC(CCCN)C(=O)NC1CCC(C)(C)CC1. The zero-order chi connectivity index (χ0) is 12.9. The van der Waals surface area contributed by atoms with E-state index in [1.54, 1.807) is 0 Å². The van der Waals surface area contributed by atoms with Crippen LogP contribution in [0.15, 0.2) is 0 Å². The first-order valence-corrected chi connectivity index (χ1v) is 6.95. The fraction of sp³-hybridized carbons (Fsp3) is 0.929. The summed E-state index contributed by atoms with van der Waals surface area (Å²) in [5.74, 6) is 0.316. The molecule has 0 aromatic rings. The molecule has 0 saturated heterocycles. The van der Waals surface area contributed by atoms with Gasteiger partial charge >= 0.3 is 0 Å². The summed E-state index contributed by atoms with van der Waals surface area (Å²) in [6, 6.07) is 0.399. The minimum absolute atomic E-state index is 0.105. The Morgan fingerprint density at radius 3 is 2.53 bits per heavy atom. The number of rotatable bonds is 5. The standard InChI is InChI=1S/C14H28N2O/c1-11(5-4-10-15)13(17)16-12-6-8-14(2,3)9-7-12/h11-12H,4-10,15H2,1-3H3,(H,16,17). The van der Waals surface area contributed by atoms with Gasteiger partial charge in [0.05, 0.1) is 0 Å². The highest BCUT2D eigenvalue weighted by Crippen LogP contribution is 2.35. The second-order valence-electron chi connectivity index (χ2n) is 6.28. The molecule has 0 bridgehead atoms. The molecular weight excluding hydrogens is 212 g/mol. The van der Waals surface area contributed by atoms with E-state index >= 15 is 0 Å². The molecular formula is C14H28N2O. The Labute approximate surface area is 106 Å². The monoisotopic (exact) mass is 240 g/mol. The third kappa shape index (κ3) is 5.07. The molecule has 1 aliphatic carbocycles. The first-order chi connectivity index (χ1) is 7.94. The Hall–Kier alpha value is -0.570. The summed E-state index contributed by atoms with van der Waals surface area (Å²) in [5.41, 5.74) is 5.92. The lowest BCUT2D eigenvalue weighted by Gasteiger charge is -2.35. The third-order valence-corrected chi connectivity index (χ3v) is 3.97. The average molecular weight is 240 g/mol. The van der Waals surface area contributed by atoms with Gasteiger partial charge in [0.25, 0.3) is 0 Å². The molecule has 0 radical (unpaired) electrons. The predicted molar refractivity (Wildman–Crippen MR) is 71.6 cm³/mol. The highest BCUT2D eigenvalue weighted by Gasteiger charge is 2.28. The highest BCUT2D eigenvalue weighted by molar-refractivity contribution is 5.78. The summed E-state index contributed by atoms with van der Waals surface area (Å²) < 4.78 is 0. The van der Waals surface area contributed by atoms with E-state index < -0.39 is 0 Å². The largest absolute Gasteiger partial charge is 0.353 e. The molecule has 1 aliphatic rings. The molecule has 3 N–H and O–H groups in total. The molecule has 1 fully saturated rings. The predicted octanol–water partition coefficient (Wildman–Crippen LogP) is 2.45. The fourth-order valence-electron chi connectivity index (χ4n) is 2.44. The first kappa shape index (κ1) is 14.5. The molecule has 3 nitrogen and oxygen atoms in total. The van der Waals surface area contributed by atoms with Crippen LogP contribution >= 0.6 is 0 Å². The molecule has 100 valence electrons. The molecule has 3 heteroatoms. The Morgan fingerprint density at radius 1 is 1.41 bits per heavy atom. The number of nitrogens with two attached hydrogens (primary N) is 1. The van der Waals surface area contributed by atoms with Crippen molar-refractivity contribution in [2.24, 2.45) is 17.1 Å². The van der Waals surface area contributed by atoms with Gasteiger partial charge in [-0.05, 0) is 50.5 Å². The quantitative estimate of drug-likeness (QED) is 0.775. The van der Waals surface area contributed by atoms with Crippen molar-refractivity contribution in [3.63, 3.8) is 0 Å². The van der Waals surface area contributed by atoms with Crippen LogP contribution in [0.4, 0.5) is 0 Å². The van der Waals surface area contributed by atoms with Gasteiger partial charge in [-0.1, -0.05) is 20.8 Å². The van der Waals surface area contributed by atoms with Crippen molar-refractivity contribution in [3.8, 4) is 0 Å². The Kier molecular flexibility index (Phi) is 5.44. The minimum atomic E-state index is 0.105. The van der Waals surface area contributed by atoms with Gasteiger partial charge in [0.15, 0.2) is 0 Å². The van der Waals surface area contributed by atoms with Crippen LogP contribution in [0.5, 0.6) is 0 Å². The van der Waals surface area contributed by atoms with E-state index in [0.717, 1.165) is 25.7 Å². The van der Waals surface area contributed by atoms with Crippen molar-refractivity contribution in [2.75, 3.05) is 6.54 Å². The van der Waals surface area contributed by atoms with Gasteiger partial charge in [0, 0.05) is 12.0 Å². The van der Waals surface area contributed by atoms with Gasteiger partial charge < -0.3 is 11.1 Å². The van der Waals surface area contributed by atoms with E-state index in [2.05, 4.69) is 19.2 Å². The van der Waals surface area contributed by atoms with E-state index in [9.17, 15) is 4.79 Å². The highest BCUT2D eigenvalue weighted by atomic mass is 16.1. The van der Waals surface area contributed by atoms with Crippen molar-refractivity contribution in [2.45, 2.75) is 65.3 Å². The Morgan fingerprint density at radius 2 is 2.00 bits per heavy atom. The fourth-order valence-corrected chi connectivity index (χ4v) is 2.44. The van der Waals surface area contributed by atoms with Crippen LogP contribution in [0.25, 0.3) is 0 Å². The second-order valence-corrected chi connectivity index (χ2v) is 6.28. The lowest BCUT2D eigenvalue weighted by molar-refractivity contribution is -0.125. The van der Waals surface area contributed by atoms with Gasteiger partial charge in [0.1, 0.15) is 0 Å². The molecule has 1 amide bonds. The van der Waals surface area contributed by atoms with Crippen LogP contribution in [0, 0.1) is 11.3 Å². The number of nitrogens with one attached hydrogen (secondary N) is 1. The Bertz CT molecular complexity index is 241. The second kappa shape index (κ2) is 6.39. The summed E-state index contributed by atoms with van der Waals surface area (Å²) in [6.45, 7) is 7.30. The number of hydrogen-bond acceptors (Lipinski definition) is 2. The summed E-state index contributed by atoms with van der Waals surface area (Å²) in [4.78, 5) is 11.9. The summed E-state index contributed by atoms with van der Waals surface area (Å²) >= 11 is 0. The maximum atomic E-state index is 11.9. The van der Waals surface area contributed by atoms with Crippen LogP contribution in [-0.4, -0.2) is 18.5 Å². The van der Waals surface area contributed by atoms with Crippen molar-refractivity contribution < 1.29 is 4.79 Å². The average Bonchev–Trinajstić information content (AvgIpc) is 2.28. The number of carbonyl (C=O) groups excluding carboxylic acids is 1. The van der Waals surface area contributed by atoms with E-state index in [4.69, 9.17) is 5.73 Å². The summed E-state index contributed by atoms with van der Waals surface area (Å²) in [5, 5.41) is 3.19. The van der Waals surface area contributed by atoms with Crippen LogP contribution < -0.4 is 11.1 Å². The normalized spacial score (nSPS) is 22.1. The van der Waals surface area contributed by atoms with E-state index in [0.29, 0.717) is 18.0 Å². The van der Waals surface area contributed by atoms with Crippen molar-refractivity contribution in [1.82, 2.24) is 5.32 Å². The minimum Gasteiger partial charge on any atom is -0.353 e. The molecule has 0 aromatic carbocycles. The number of hydrogen-bond donors (Lipinski definition) is 2. The van der Waals surface area contributed by atoms with Gasteiger partial charge in [-0.25, -0.2) is 0 Å². The zero-order valence-corrected chi connectivity index (χ0v) is 11.6. The summed E-state index contributed by atoms with van der Waals surface area (Å²) in [7, 11) is 0. The first-order valence-electron chi connectivity index (χ1n) is 6.95. The molecule has 0 spiro atoms. The van der Waals surface area contributed by atoms with E-state index in [1.807, 2.05) is 6.92 Å². The smallest absolute Gasteiger partial charge is 0.223 e. The van der Waals surface area contributed by atoms with Crippen LogP contribution in [-0.2, 0) is 4.79 Å². The van der Waals surface area contributed by atoms with E-state index in [1.165, 1.54) is 12.8 Å². The maximum Gasteiger partial charge on any atom is 0.223 e. The van der Waals surface area contributed by atoms with Gasteiger partial charge in [0.2, 0.25) is 5.91 Å². The molecule has 1 saturated carbocycles. The third-order valence-electron chi connectivity index (χ3n) is 3.97. The topological polar surface area (TPSA) is 55.1 Å².